The summed E-state index contributed by atoms with van der Waals surface area (Å²) in [6.07, 6.45) is 0.780. The highest BCUT2D eigenvalue weighted by Crippen LogP contribution is 2.38. The number of aryl methyl sites for hydroxylation is 1. The fraction of sp³-hybridized carbons (Fsp3) is 0.182. The average Bonchev–Trinajstić information content (AvgIpc) is 2.93. The van der Waals surface area contributed by atoms with E-state index >= 15 is 0 Å². The highest BCUT2D eigenvalue weighted by molar-refractivity contribution is 9.10. The molecule has 0 saturated heterocycles. The fourth-order valence-corrected chi connectivity index (χ4v) is 3.62. The zero-order valence-electron chi connectivity index (χ0n) is 9.69. The summed E-state index contributed by atoms with van der Waals surface area (Å²) in [5.41, 5.74) is 0.857. The van der Waals surface area contributed by atoms with Crippen LogP contribution in [0.5, 0.6) is 0 Å². The quantitative estimate of drug-likeness (QED) is 0.618. The van der Waals surface area contributed by atoms with Crippen molar-refractivity contribution in [3.8, 4) is 10.6 Å². The second-order valence-electron chi connectivity index (χ2n) is 3.82. The van der Waals surface area contributed by atoms with Crippen LogP contribution in [-0.4, -0.2) is 19.8 Å². The van der Waals surface area contributed by atoms with Crippen LogP contribution in [0, 0.1) is 0 Å². The number of benzene rings is 1. The van der Waals surface area contributed by atoms with E-state index in [9.17, 15) is 0 Å². The van der Waals surface area contributed by atoms with Crippen molar-refractivity contribution in [1.29, 1.82) is 0 Å². The highest BCUT2D eigenvalue weighted by Gasteiger charge is 2.16. The van der Waals surface area contributed by atoms with E-state index in [-0.39, 0.29) is 0 Å². The van der Waals surface area contributed by atoms with E-state index in [0.29, 0.717) is 10.0 Å². The Morgan fingerprint density at radius 3 is 2.84 bits per heavy atom. The van der Waals surface area contributed by atoms with Gasteiger partial charge in [-0.1, -0.05) is 41.5 Å². The van der Waals surface area contributed by atoms with Gasteiger partial charge in [0.05, 0.1) is 5.02 Å². The lowest BCUT2D eigenvalue weighted by Crippen LogP contribution is -1.93. The van der Waals surface area contributed by atoms with Crippen LogP contribution in [0.25, 0.3) is 15.5 Å². The lowest BCUT2D eigenvalue weighted by Gasteiger charge is -2.03. The summed E-state index contributed by atoms with van der Waals surface area (Å²) >= 11 is 17.1. The summed E-state index contributed by atoms with van der Waals surface area (Å²) in [6.45, 7) is 2.02. The standard InChI is InChI=1S/C11H7BrCl2N4S/c1-2-8-15-16-11-18(8)17-10(19-11)6-3-5(13)4-7(14)9(6)12/h3-4H,2H2,1H3. The first-order chi connectivity index (χ1) is 9.10. The van der Waals surface area contributed by atoms with Gasteiger partial charge < -0.3 is 0 Å². The fourth-order valence-electron chi connectivity index (χ4n) is 1.70. The number of aromatic nitrogens is 4. The molecule has 0 radical (unpaired) electrons. The second kappa shape index (κ2) is 5.01. The van der Waals surface area contributed by atoms with Gasteiger partial charge in [-0.3, -0.25) is 0 Å². The van der Waals surface area contributed by atoms with Gasteiger partial charge in [0.1, 0.15) is 5.01 Å². The molecule has 0 bridgehead atoms. The average molecular weight is 378 g/mol. The Balaban J connectivity index is 2.21. The van der Waals surface area contributed by atoms with E-state index in [0.717, 1.165) is 32.2 Å². The third-order valence-corrected chi connectivity index (χ3v) is 5.13. The molecule has 0 amide bonds. The molecule has 0 aliphatic heterocycles. The summed E-state index contributed by atoms with van der Waals surface area (Å²) in [7, 11) is 0. The first-order valence-electron chi connectivity index (χ1n) is 5.46. The van der Waals surface area contributed by atoms with Crippen LogP contribution in [0.3, 0.4) is 0 Å². The third kappa shape index (κ3) is 2.27. The van der Waals surface area contributed by atoms with Gasteiger partial charge >= 0.3 is 0 Å². The number of rotatable bonds is 2. The molecule has 0 aliphatic rings. The molecule has 19 heavy (non-hydrogen) atoms. The Labute approximate surface area is 131 Å². The van der Waals surface area contributed by atoms with Gasteiger partial charge in [0.2, 0.25) is 4.96 Å². The smallest absolute Gasteiger partial charge is 0.187 e. The van der Waals surface area contributed by atoms with Crippen LogP contribution < -0.4 is 0 Å². The van der Waals surface area contributed by atoms with Crippen molar-refractivity contribution < 1.29 is 0 Å². The molecule has 3 aromatic rings. The number of hydrogen-bond donors (Lipinski definition) is 0. The Kier molecular flexibility index (Phi) is 3.51. The Morgan fingerprint density at radius 1 is 1.32 bits per heavy atom. The Hall–Kier alpha value is -0.690. The topological polar surface area (TPSA) is 43.1 Å². The van der Waals surface area contributed by atoms with Crippen molar-refractivity contribution >= 4 is 55.4 Å². The SMILES string of the molecule is CCc1nnc2sc(-c3cc(Cl)cc(Cl)c3Br)nn12. The van der Waals surface area contributed by atoms with Gasteiger partial charge in [-0.15, -0.1) is 10.2 Å². The monoisotopic (exact) mass is 376 g/mol. The van der Waals surface area contributed by atoms with E-state index < -0.39 is 0 Å². The zero-order valence-corrected chi connectivity index (χ0v) is 13.6. The Morgan fingerprint density at radius 2 is 2.11 bits per heavy atom. The molecule has 0 spiro atoms. The maximum atomic E-state index is 6.11. The van der Waals surface area contributed by atoms with Crippen molar-refractivity contribution in [2.45, 2.75) is 13.3 Å². The maximum absolute atomic E-state index is 6.11. The molecule has 1 aromatic carbocycles. The molecule has 0 N–H and O–H groups in total. The summed E-state index contributed by atoms with van der Waals surface area (Å²) in [4.78, 5) is 0.759. The minimum atomic E-state index is 0.559. The normalized spacial score (nSPS) is 11.4. The van der Waals surface area contributed by atoms with Gasteiger partial charge in [0.15, 0.2) is 5.82 Å². The zero-order chi connectivity index (χ0) is 13.6. The lowest BCUT2D eigenvalue weighted by atomic mass is 10.2. The molecule has 98 valence electrons. The predicted molar refractivity (Wildman–Crippen MR) is 81.2 cm³/mol. The molecule has 0 fully saturated rings. The summed E-state index contributed by atoms with van der Waals surface area (Å²) in [5, 5.41) is 14.6. The molecule has 0 unspecified atom stereocenters. The van der Waals surface area contributed by atoms with Crippen LogP contribution >= 0.6 is 50.5 Å². The molecule has 2 heterocycles. The van der Waals surface area contributed by atoms with Gasteiger partial charge in [0.25, 0.3) is 0 Å². The number of halogens is 3. The van der Waals surface area contributed by atoms with Gasteiger partial charge in [-0.2, -0.15) is 9.61 Å². The van der Waals surface area contributed by atoms with Crippen molar-refractivity contribution in [3.05, 3.63) is 32.5 Å². The first-order valence-corrected chi connectivity index (χ1v) is 7.82. The highest BCUT2D eigenvalue weighted by atomic mass is 79.9. The molecule has 3 rings (SSSR count). The van der Waals surface area contributed by atoms with Gasteiger partial charge in [0, 0.05) is 21.5 Å². The minimum absolute atomic E-state index is 0.559. The maximum Gasteiger partial charge on any atom is 0.234 e. The van der Waals surface area contributed by atoms with Crippen molar-refractivity contribution in [3.63, 3.8) is 0 Å². The van der Waals surface area contributed by atoms with Crippen molar-refractivity contribution in [1.82, 2.24) is 19.8 Å². The molecule has 4 nitrogen and oxygen atoms in total. The summed E-state index contributed by atoms with van der Waals surface area (Å²) in [6, 6.07) is 3.52. The number of nitrogens with zero attached hydrogens (tertiary/aromatic N) is 4. The van der Waals surface area contributed by atoms with E-state index in [1.165, 1.54) is 11.3 Å². The van der Waals surface area contributed by atoms with Crippen LogP contribution in [0.2, 0.25) is 10.0 Å². The minimum Gasteiger partial charge on any atom is -0.187 e. The lowest BCUT2D eigenvalue weighted by molar-refractivity contribution is 0.838. The largest absolute Gasteiger partial charge is 0.234 e. The molecule has 0 saturated carbocycles. The van der Waals surface area contributed by atoms with Crippen LogP contribution in [0.1, 0.15) is 12.7 Å². The van der Waals surface area contributed by atoms with E-state index in [2.05, 4.69) is 31.2 Å². The van der Waals surface area contributed by atoms with E-state index in [1.807, 2.05) is 13.0 Å². The van der Waals surface area contributed by atoms with Crippen molar-refractivity contribution in [2.75, 3.05) is 0 Å². The van der Waals surface area contributed by atoms with Gasteiger partial charge in [-0.25, -0.2) is 0 Å². The van der Waals surface area contributed by atoms with E-state index in [4.69, 9.17) is 23.2 Å². The van der Waals surface area contributed by atoms with Crippen LogP contribution in [0.4, 0.5) is 0 Å². The molecular weight excluding hydrogens is 371 g/mol. The molecule has 0 atom stereocenters. The molecule has 0 aliphatic carbocycles. The summed E-state index contributed by atoms with van der Waals surface area (Å²) < 4.78 is 2.53. The third-order valence-electron chi connectivity index (χ3n) is 2.60. The Bertz CT molecular complexity index is 767. The molecule has 8 heteroatoms. The van der Waals surface area contributed by atoms with Gasteiger partial charge in [-0.05, 0) is 28.1 Å². The first kappa shape index (κ1) is 13.3. The molecule has 2 aromatic heterocycles. The van der Waals surface area contributed by atoms with Crippen molar-refractivity contribution in [2.24, 2.45) is 0 Å². The summed E-state index contributed by atoms with van der Waals surface area (Å²) in [5.74, 6) is 0.835. The number of fused-ring (bicyclic) bond motifs is 1. The van der Waals surface area contributed by atoms with Crippen LogP contribution in [-0.2, 0) is 6.42 Å². The molecular formula is C11H7BrCl2N4S. The predicted octanol–water partition coefficient (Wildman–Crippen LogP) is 4.48. The van der Waals surface area contributed by atoms with Crippen LogP contribution in [0.15, 0.2) is 16.6 Å². The van der Waals surface area contributed by atoms with E-state index in [1.54, 1.807) is 10.6 Å². The second-order valence-corrected chi connectivity index (χ2v) is 6.41. The number of hydrogen-bond acceptors (Lipinski definition) is 4.